The van der Waals surface area contributed by atoms with Crippen LogP contribution in [0.5, 0.6) is 0 Å². The Morgan fingerprint density at radius 1 is 0.941 bits per heavy atom. The van der Waals surface area contributed by atoms with Crippen molar-refractivity contribution in [3.63, 3.8) is 0 Å². The number of nitrogens with two attached hydrogens (primary N) is 3. The number of hydrogen-bond donors (Lipinski definition) is 10. The molecule has 0 spiro atoms. The predicted octanol–water partition coefficient (Wildman–Crippen LogP) is -5.61. The highest BCUT2D eigenvalue weighted by molar-refractivity contribution is 5.02. The van der Waals surface area contributed by atoms with Crippen LogP contribution in [0.2, 0.25) is 0 Å². The monoisotopic (exact) mass is 496 g/mol. The Labute approximate surface area is 197 Å². The lowest BCUT2D eigenvalue weighted by molar-refractivity contribution is -0.319. The lowest BCUT2D eigenvalue weighted by atomic mass is 9.84. The molecule has 13 N–H and O–H groups in total. The second kappa shape index (κ2) is 10.8. The Morgan fingerprint density at radius 3 is 2.03 bits per heavy atom. The van der Waals surface area contributed by atoms with Gasteiger partial charge in [-0.3, -0.25) is 0 Å². The third-order valence-corrected chi connectivity index (χ3v) is 6.95. The molecule has 2 heterocycles. The SMILES string of the molecule is CN[C@H]1[C@H](O)[C@H](O[C@H]2[C@H](O)[C@@H](O[C@H]3O[C@H]([C@H](C)O)[C@@H](O)[C@H](O)[C@H]3N)[C@H](N)C[C@@H]2N)OC[C@@]1(C)O. The summed E-state index contributed by atoms with van der Waals surface area (Å²) in [6.45, 7) is 2.75. The average Bonchev–Trinajstić information content (AvgIpc) is 2.75. The molecule has 0 aromatic heterocycles. The molecule has 34 heavy (non-hydrogen) atoms. The van der Waals surface area contributed by atoms with Crippen molar-refractivity contribution in [1.82, 2.24) is 5.32 Å². The maximum absolute atomic E-state index is 11.1. The zero-order chi connectivity index (χ0) is 25.5. The lowest BCUT2D eigenvalue weighted by Crippen LogP contribution is -2.69. The topological polar surface area (TPSA) is 248 Å². The fourth-order valence-electron chi connectivity index (χ4n) is 4.95. The average molecular weight is 497 g/mol. The number of nitrogens with one attached hydrogen (secondary N) is 1. The van der Waals surface area contributed by atoms with Crippen molar-refractivity contribution in [2.24, 2.45) is 17.2 Å². The van der Waals surface area contributed by atoms with Gasteiger partial charge < -0.3 is 72.1 Å². The number of hydrogen-bond acceptors (Lipinski definition) is 14. The van der Waals surface area contributed by atoms with E-state index in [1.54, 1.807) is 7.05 Å². The minimum absolute atomic E-state index is 0.135. The van der Waals surface area contributed by atoms with Gasteiger partial charge in [-0.1, -0.05) is 0 Å². The van der Waals surface area contributed by atoms with E-state index >= 15 is 0 Å². The van der Waals surface area contributed by atoms with Crippen LogP contribution < -0.4 is 22.5 Å². The molecule has 3 aliphatic rings. The highest BCUT2D eigenvalue weighted by atomic mass is 16.7. The van der Waals surface area contributed by atoms with E-state index in [4.69, 9.17) is 36.1 Å². The van der Waals surface area contributed by atoms with Crippen LogP contribution in [0.3, 0.4) is 0 Å². The Bertz CT molecular complexity index is 675. The molecule has 3 fully saturated rings. The predicted molar refractivity (Wildman–Crippen MR) is 116 cm³/mol. The first kappa shape index (κ1) is 28.0. The molecular weight excluding hydrogens is 456 g/mol. The molecule has 200 valence electrons. The summed E-state index contributed by atoms with van der Waals surface area (Å²) in [7, 11) is 1.58. The highest BCUT2D eigenvalue weighted by Crippen LogP contribution is 2.32. The smallest absolute Gasteiger partial charge is 0.185 e. The highest BCUT2D eigenvalue weighted by Gasteiger charge is 2.52. The normalized spacial score (nSPS) is 53.5. The van der Waals surface area contributed by atoms with Crippen molar-refractivity contribution in [2.75, 3.05) is 13.7 Å². The largest absolute Gasteiger partial charge is 0.391 e. The third-order valence-electron chi connectivity index (χ3n) is 6.95. The van der Waals surface area contributed by atoms with Gasteiger partial charge in [0, 0.05) is 12.1 Å². The molecule has 0 aromatic rings. The van der Waals surface area contributed by atoms with E-state index in [9.17, 15) is 30.6 Å². The van der Waals surface area contributed by atoms with Crippen LogP contribution in [0.4, 0.5) is 0 Å². The summed E-state index contributed by atoms with van der Waals surface area (Å²) in [5, 5.41) is 65.2. The number of rotatable bonds is 6. The van der Waals surface area contributed by atoms with Crippen LogP contribution in [-0.4, -0.2) is 135 Å². The van der Waals surface area contributed by atoms with Gasteiger partial charge in [0.15, 0.2) is 12.6 Å². The molecule has 14 nitrogen and oxygen atoms in total. The summed E-state index contributed by atoms with van der Waals surface area (Å²) in [4.78, 5) is 0. The summed E-state index contributed by atoms with van der Waals surface area (Å²) in [6.07, 6.45) is -12.4. The summed E-state index contributed by atoms with van der Waals surface area (Å²) in [5.74, 6) is 0. The number of likely N-dealkylation sites (N-methyl/N-ethyl adjacent to an activating group) is 1. The Kier molecular flexibility index (Phi) is 8.92. The van der Waals surface area contributed by atoms with Crippen LogP contribution in [-0.2, 0) is 18.9 Å². The zero-order valence-corrected chi connectivity index (χ0v) is 19.5. The van der Waals surface area contributed by atoms with Crippen molar-refractivity contribution in [3.8, 4) is 0 Å². The Balaban J connectivity index is 1.73. The van der Waals surface area contributed by atoms with Crippen LogP contribution >= 0.6 is 0 Å². The summed E-state index contributed by atoms with van der Waals surface area (Å²) >= 11 is 0. The van der Waals surface area contributed by atoms with Crippen molar-refractivity contribution in [1.29, 1.82) is 0 Å². The quantitative estimate of drug-likeness (QED) is 0.165. The van der Waals surface area contributed by atoms with Gasteiger partial charge in [-0.2, -0.15) is 0 Å². The van der Waals surface area contributed by atoms with Gasteiger partial charge in [0.1, 0.15) is 48.3 Å². The van der Waals surface area contributed by atoms with Crippen molar-refractivity contribution < 1.29 is 49.6 Å². The number of aliphatic hydroxyl groups is 6. The van der Waals surface area contributed by atoms with Crippen LogP contribution in [0.1, 0.15) is 20.3 Å². The van der Waals surface area contributed by atoms with E-state index in [-0.39, 0.29) is 13.0 Å². The summed E-state index contributed by atoms with van der Waals surface area (Å²) in [5.41, 5.74) is 17.0. The van der Waals surface area contributed by atoms with Gasteiger partial charge >= 0.3 is 0 Å². The van der Waals surface area contributed by atoms with Crippen molar-refractivity contribution in [2.45, 2.75) is 111 Å². The Morgan fingerprint density at radius 2 is 1.50 bits per heavy atom. The molecule has 3 rings (SSSR count). The number of aliphatic hydroxyl groups excluding tert-OH is 5. The molecule has 0 amide bonds. The molecule has 0 bridgehead atoms. The van der Waals surface area contributed by atoms with Crippen LogP contribution in [0.15, 0.2) is 0 Å². The fourth-order valence-corrected chi connectivity index (χ4v) is 4.95. The van der Waals surface area contributed by atoms with Gasteiger partial charge in [0.05, 0.1) is 24.8 Å². The molecule has 1 saturated carbocycles. The molecule has 15 atom stereocenters. The maximum atomic E-state index is 11.1. The van der Waals surface area contributed by atoms with E-state index in [0.717, 1.165) is 0 Å². The molecule has 2 aliphatic heterocycles. The van der Waals surface area contributed by atoms with E-state index < -0.39 is 91.2 Å². The van der Waals surface area contributed by atoms with Crippen molar-refractivity contribution >= 4 is 0 Å². The summed E-state index contributed by atoms with van der Waals surface area (Å²) < 4.78 is 22.8. The van der Waals surface area contributed by atoms with Gasteiger partial charge in [-0.25, -0.2) is 0 Å². The van der Waals surface area contributed by atoms with E-state index in [2.05, 4.69) is 5.32 Å². The van der Waals surface area contributed by atoms with Crippen LogP contribution in [0.25, 0.3) is 0 Å². The molecule has 14 heteroatoms. The second-order valence-electron chi connectivity index (χ2n) is 9.82. The molecule has 1 aliphatic carbocycles. The van der Waals surface area contributed by atoms with Gasteiger partial charge in [-0.15, -0.1) is 0 Å². The molecule has 0 aromatic carbocycles. The standard InChI is InChI=1S/C20H40N4O10/c1-6(25)14-11(27)10(26)9(23)18(32-14)33-15-7(21)4-8(22)16(12(15)28)34-19-13(29)17(24-3)20(2,30)5-31-19/h6-19,24-30H,4-5,21-23H2,1-3H3/t6-,7+,8-,9+,10+,11-,12+,13-,14+,15-,16+,17-,18+,19-,20+/m0/s1. The minimum atomic E-state index is -1.46. The molecule has 0 unspecified atom stereocenters. The number of ether oxygens (including phenoxy) is 4. The van der Waals surface area contributed by atoms with E-state index in [0.29, 0.717) is 0 Å². The summed E-state index contributed by atoms with van der Waals surface area (Å²) in [6, 6.07) is -3.47. The van der Waals surface area contributed by atoms with Gasteiger partial charge in [-0.05, 0) is 27.3 Å². The van der Waals surface area contributed by atoms with Gasteiger partial charge in [0.25, 0.3) is 0 Å². The minimum Gasteiger partial charge on any atom is -0.391 e. The molecule has 0 radical (unpaired) electrons. The van der Waals surface area contributed by atoms with E-state index in [1.807, 2.05) is 0 Å². The molecule has 2 saturated heterocycles. The first-order chi connectivity index (χ1) is 15.8. The molecular formula is C20H40N4O10. The van der Waals surface area contributed by atoms with Crippen LogP contribution in [0, 0.1) is 0 Å². The fraction of sp³-hybridized carbons (Fsp3) is 1.00. The first-order valence-electron chi connectivity index (χ1n) is 11.4. The third kappa shape index (κ3) is 5.40. The van der Waals surface area contributed by atoms with Gasteiger partial charge in [0.2, 0.25) is 0 Å². The lowest BCUT2D eigenvalue weighted by Gasteiger charge is -2.49. The van der Waals surface area contributed by atoms with Crippen molar-refractivity contribution in [3.05, 3.63) is 0 Å². The first-order valence-corrected chi connectivity index (χ1v) is 11.4. The Hall–Kier alpha value is -0.560. The maximum Gasteiger partial charge on any atom is 0.185 e. The van der Waals surface area contributed by atoms with E-state index in [1.165, 1.54) is 13.8 Å². The second-order valence-corrected chi connectivity index (χ2v) is 9.82. The zero-order valence-electron chi connectivity index (χ0n) is 19.5.